The van der Waals surface area contributed by atoms with Crippen LogP contribution in [0.5, 0.6) is 5.75 Å². The van der Waals surface area contributed by atoms with Gasteiger partial charge in [-0.3, -0.25) is 4.98 Å². The van der Waals surface area contributed by atoms with E-state index in [-0.39, 0.29) is 16.6 Å². The first-order chi connectivity index (χ1) is 27.4. The van der Waals surface area contributed by atoms with E-state index in [9.17, 15) is 5.11 Å². The van der Waals surface area contributed by atoms with E-state index in [0.29, 0.717) is 22.6 Å². The maximum atomic E-state index is 11.8. The molecule has 3 aromatic heterocycles. The molecular weight excluding hydrogens is 701 g/mol. The van der Waals surface area contributed by atoms with Crippen molar-refractivity contribution in [3.05, 3.63) is 151 Å². The summed E-state index contributed by atoms with van der Waals surface area (Å²) < 4.78 is 13.6. The van der Waals surface area contributed by atoms with Crippen molar-refractivity contribution in [1.29, 1.82) is 0 Å². The molecule has 57 heavy (non-hydrogen) atoms. The molecule has 0 spiro atoms. The van der Waals surface area contributed by atoms with Gasteiger partial charge in [-0.15, -0.1) is 0 Å². The highest BCUT2D eigenvalue weighted by Gasteiger charge is 2.28. The molecule has 0 saturated heterocycles. The molecule has 0 atom stereocenters. The fraction of sp³-hybridized carbons (Fsp3) is 0.154. The average Bonchev–Trinajstić information content (AvgIpc) is 3.82. The summed E-state index contributed by atoms with van der Waals surface area (Å²) in [6, 6.07) is 46.3. The molecule has 0 bridgehead atoms. The quantitative estimate of drug-likeness (QED) is 0.182. The van der Waals surface area contributed by atoms with Crippen LogP contribution in [0.4, 0.5) is 0 Å². The first-order valence-electron chi connectivity index (χ1n) is 19.5. The highest BCUT2D eigenvalue weighted by atomic mass is 16.4. The van der Waals surface area contributed by atoms with Crippen molar-refractivity contribution in [2.75, 3.05) is 0 Å². The van der Waals surface area contributed by atoms with Gasteiger partial charge in [0, 0.05) is 39.0 Å². The van der Waals surface area contributed by atoms with Gasteiger partial charge in [-0.2, -0.15) is 0 Å². The van der Waals surface area contributed by atoms with Crippen LogP contribution in [0.3, 0.4) is 0 Å². The summed E-state index contributed by atoms with van der Waals surface area (Å²) in [5.41, 5.74) is 10.8. The van der Waals surface area contributed by atoms with E-state index < -0.39 is 0 Å². The van der Waals surface area contributed by atoms with Crippen LogP contribution >= 0.6 is 0 Å². The number of aromatic nitrogens is 2. The summed E-state index contributed by atoms with van der Waals surface area (Å²) in [6.07, 6.45) is 1.87. The van der Waals surface area contributed by atoms with Crippen molar-refractivity contribution in [3.63, 3.8) is 0 Å². The molecule has 1 N–H and O–H groups in total. The van der Waals surface area contributed by atoms with Crippen molar-refractivity contribution in [2.45, 2.75) is 52.4 Å². The molecule has 0 amide bonds. The number of fused-ring (bicyclic) bond motifs is 8. The van der Waals surface area contributed by atoms with Crippen LogP contribution in [-0.4, -0.2) is 15.1 Å². The summed E-state index contributed by atoms with van der Waals surface area (Å²) in [5.74, 6) is 0.582. The second kappa shape index (κ2) is 12.7. The number of rotatable bonds is 4. The lowest BCUT2D eigenvalue weighted by molar-refractivity contribution is 0.444. The van der Waals surface area contributed by atoms with E-state index >= 15 is 0 Å². The maximum absolute atomic E-state index is 11.8. The SMILES string of the molecule is CC(C)(C)c1cc(-c2nc3c(-c4cc(-c5cc(-c6ccccc6)ccn5)c5oc6c(ccc7ccc8ccccc8c76)c5c4)cccc3o2)c(O)c(C(C)(C)C)c1. The van der Waals surface area contributed by atoms with Crippen LogP contribution in [0.15, 0.2) is 148 Å². The Hall–Kier alpha value is -6.72. The van der Waals surface area contributed by atoms with Gasteiger partial charge < -0.3 is 13.9 Å². The molecule has 0 unspecified atom stereocenters. The molecular formula is C52H42N2O3. The topological polar surface area (TPSA) is 72.3 Å². The van der Waals surface area contributed by atoms with Crippen molar-refractivity contribution in [3.8, 4) is 50.7 Å². The minimum absolute atomic E-state index is 0.151. The third-order valence-corrected chi connectivity index (χ3v) is 11.3. The molecule has 5 heteroatoms. The van der Waals surface area contributed by atoms with Crippen LogP contribution in [0, 0.1) is 0 Å². The Morgan fingerprint density at radius 2 is 1.30 bits per heavy atom. The smallest absolute Gasteiger partial charge is 0.231 e. The van der Waals surface area contributed by atoms with Crippen molar-refractivity contribution in [2.24, 2.45) is 0 Å². The Balaban J connectivity index is 1.24. The highest BCUT2D eigenvalue weighted by Crippen LogP contribution is 2.46. The van der Waals surface area contributed by atoms with Gasteiger partial charge in [0.15, 0.2) is 5.58 Å². The predicted molar refractivity (Wildman–Crippen MR) is 235 cm³/mol. The number of aromatic hydroxyl groups is 1. The molecule has 10 rings (SSSR count). The lowest BCUT2D eigenvalue weighted by Gasteiger charge is -2.27. The molecule has 0 saturated carbocycles. The van der Waals surface area contributed by atoms with E-state index in [1.807, 2.05) is 36.5 Å². The van der Waals surface area contributed by atoms with Gasteiger partial charge in [0.1, 0.15) is 22.4 Å². The second-order valence-electron chi connectivity index (χ2n) is 17.2. The second-order valence-corrected chi connectivity index (χ2v) is 17.2. The molecule has 3 heterocycles. The van der Waals surface area contributed by atoms with E-state index in [2.05, 4.69) is 145 Å². The number of para-hydroxylation sites is 1. The van der Waals surface area contributed by atoms with Gasteiger partial charge in [0.2, 0.25) is 5.89 Å². The third kappa shape index (κ3) is 5.76. The van der Waals surface area contributed by atoms with Crippen molar-refractivity contribution < 1.29 is 13.9 Å². The molecule has 0 radical (unpaired) electrons. The monoisotopic (exact) mass is 742 g/mol. The lowest BCUT2D eigenvalue weighted by atomic mass is 9.79. The predicted octanol–water partition coefficient (Wildman–Crippen LogP) is 14.4. The van der Waals surface area contributed by atoms with Crippen LogP contribution in [0.1, 0.15) is 52.7 Å². The maximum Gasteiger partial charge on any atom is 0.231 e. The van der Waals surface area contributed by atoms with E-state index in [1.54, 1.807) is 0 Å². The Labute approximate surface area is 331 Å². The number of hydrogen-bond donors (Lipinski definition) is 1. The van der Waals surface area contributed by atoms with Gasteiger partial charge in [-0.05, 0) is 91.7 Å². The van der Waals surface area contributed by atoms with Gasteiger partial charge in [-0.1, -0.05) is 133 Å². The van der Waals surface area contributed by atoms with E-state index in [1.165, 1.54) is 5.39 Å². The molecule has 0 aliphatic rings. The fourth-order valence-corrected chi connectivity index (χ4v) is 8.26. The fourth-order valence-electron chi connectivity index (χ4n) is 8.26. The van der Waals surface area contributed by atoms with E-state index in [0.717, 1.165) is 82.7 Å². The highest BCUT2D eigenvalue weighted by molar-refractivity contribution is 6.24. The number of nitrogens with zero attached hydrogens (tertiary/aromatic N) is 2. The first kappa shape index (κ1) is 34.7. The summed E-state index contributed by atoms with van der Waals surface area (Å²) in [5, 5.41) is 18.3. The van der Waals surface area contributed by atoms with E-state index in [4.69, 9.17) is 18.8 Å². The lowest BCUT2D eigenvalue weighted by Crippen LogP contribution is -2.17. The minimum Gasteiger partial charge on any atom is -0.507 e. The normalized spacial score (nSPS) is 12.5. The summed E-state index contributed by atoms with van der Waals surface area (Å²) in [6.45, 7) is 12.9. The Morgan fingerprint density at radius 3 is 2.11 bits per heavy atom. The molecule has 0 aliphatic heterocycles. The average molecular weight is 743 g/mol. The summed E-state index contributed by atoms with van der Waals surface area (Å²) in [4.78, 5) is 10.1. The standard InChI is InChI=1S/C52H42N2O3/c1-51(2,3)35-28-41(47(55)42(29-35)52(4,5)6)50-54-46-37(17-12-18-44(46)56-50)34-25-39-38-22-21-32-20-19-31-15-10-11-16-36(31)45(32)49(38)57-48(39)40(26-34)43-27-33(23-24-53-43)30-13-8-7-9-14-30/h7-29,55H,1-6H3. The van der Waals surface area contributed by atoms with Crippen molar-refractivity contribution >= 4 is 54.6 Å². The van der Waals surface area contributed by atoms with Gasteiger partial charge >= 0.3 is 0 Å². The van der Waals surface area contributed by atoms with Crippen LogP contribution in [0.2, 0.25) is 0 Å². The first-order valence-corrected chi connectivity index (χ1v) is 19.5. The zero-order valence-corrected chi connectivity index (χ0v) is 32.9. The van der Waals surface area contributed by atoms with Gasteiger partial charge in [-0.25, -0.2) is 4.98 Å². The largest absolute Gasteiger partial charge is 0.507 e. The number of phenolic OH excluding ortho intramolecular Hbond substituents is 1. The van der Waals surface area contributed by atoms with Crippen LogP contribution < -0.4 is 0 Å². The molecule has 10 aromatic rings. The number of furan rings is 1. The number of oxazole rings is 1. The third-order valence-electron chi connectivity index (χ3n) is 11.3. The molecule has 0 fully saturated rings. The van der Waals surface area contributed by atoms with Crippen LogP contribution in [-0.2, 0) is 10.8 Å². The zero-order chi connectivity index (χ0) is 39.2. The van der Waals surface area contributed by atoms with Gasteiger partial charge in [0.05, 0.1) is 11.3 Å². The molecule has 0 aliphatic carbocycles. The van der Waals surface area contributed by atoms with Crippen molar-refractivity contribution in [1.82, 2.24) is 9.97 Å². The number of hydrogen-bond acceptors (Lipinski definition) is 5. The Morgan fingerprint density at radius 1 is 0.526 bits per heavy atom. The van der Waals surface area contributed by atoms with Gasteiger partial charge in [0.25, 0.3) is 0 Å². The zero-order valence-electron chi connectivity index (χ0n) is 32.9. The Bertz CT molecular complexity index is 3210. The summed E-state index contributed by atoms with van der Waals surface area (Å²) >= 11 is 0. The number of benzene rings is 7. The van der Waals surface area contributed by atoms with Crippen LogP contribution in [0.25, 0.3) is 99.5 Å². The molecule has 278 valence electrons. The number of pyridine rings is 1. The minimum atomic E-state index is -0.292. The molecule has 5 nitrogen and oxygen atoms in total. The number of phenols is 1. The Kier molecular flexibility index (Phi) is 7.71. The molecule has 7 aromatic carbocycles. The summed E-state index contributed by atoms with van der Waals surface area (Å²) in [7, 11) is 0.